The predicted molar refractivity (Wildman–Crippen MR) is 135 cm³/mol. The van der Waals surface area contributed by atoms with Crippen molar-refractivity contribution in [2.24, 2.45) is 5.41 Å². The average Bonchev–Trinajstić information content (AvgIpc) is 3.62. The van der Waals surface area contributed by atoms with Crippen LogP contribution in [0.1, 0.15) is 55.0 Å². The summed E-state index contributed by atoms with van der Waals surface area (Å²) in [5, 5.41) is 13.8. The van der Waals surface area contributed by atoms with Crippen molar-refractivity contribution in [1.82, 2.24) is 15.4 Å². The molecule has 1 saturated carbocycles. The molecular weight excluding hydrogens is 458 g/mol. The molecule has 4 aromatic rings. The number of piperidine rings is 1. The zero-order chi connectivity index (χ0) is 24.4. The SMILES string of the molecule is Cc1cc2ccc(N3CCC4(C=C(c5c(-c6c(F)cccc6F)noc5C5CC5)C4)CC3)cc2nn1. The Morgan fingerprint density at radius 1 is 0.972 bits per heavy atom. The molecule has 182 valence electrons. The van der Waals surface area contributed by atoms with Gasteiger partial charge in [-0.1, -0.05) is 23.4 Å². The topological polar surface area (TPSA) is 55.1 Å². The van der Waals surface area contributed by atoms with Crippen LogP contribution in [0.5, 0.6) is 0 Å². The molecule has 0 bridgehead atoms. The highest BCUT2D eigenvalue weighted by Crippen LogP contribution is 2.56. The summed E-state index contributed by atoms with van der Waals surface area (Å²) in [4.78, 5) is 2.41. The van der Waals surface area contributed by atoms with E-state index >= 15 is 0 Å². The summed E-state index contributed by atoms with van der Waals surface area (Å²) in [6.07, 6.45) is 7.32. The first-order valence-electron chi connectivity index (χ1n) is 12.6. The largest absolute Gasteiger partial charge is 0.371 e. The van der Waals surface area contributed by atoms with Gasteiger partial charge in [0.25, 0.3) is 0 Å². The molecule has 1 aliphatic heterocycles. The van der Waals surface area contributed by atoms with Gasteiger partial charge in [0, 0.05) is 35.6 Å². The van der Waals surface area contributed by atoms with Gasteiger partial charge in [0.15, 0.2) is 0 Å². The maximum absolute atomic E-state index is 14.6. The molecule has 3 heterocycles. The van der Waals surface area contributed by atoms with Crippen LogP contribution in [-0.4, -0.2) is 28.4 Å². The van der Waals surface area contributed by atoms with Crippen molar-refractivity contribution in [1.29, 1.82) is 0 Å². The van der Waals surface area contributed by atoms with Crippen LogP contribution < -0.4 is 4.90 Å². The van der Waals surface area contributed by atoms with E-state index in [-0.39, 0.29) is 11.0 Å². The van der Waals surface area contributed by atoms with Crippen molar-refractivity contribution in [3.8, 4) is 11.3 Å². The number of anilines is 1. The van der Waals surface area contributed by atoms with E-state index in [0.29, 0.717) is 11.6 Å². The molecule has 2 aromatic heterocycles. The first-order chi connectivity index (χ1) is 17.5. The molecule has 0 unspecified atom stereocenters. The van der Waals surface area contributed by atoms with Gasteiger partial charge in [-0.15, -0.1) is 0 Å². The van der Waals surface area contributed by atoms with Crippen LogP contribution in [0.25, 0.3) is 27.7 Å². The van der Waals surface area contributed by atoms with E-state index in [2.05, 4.69) is 50.6 Å². The van der Waals surface area contributed by atoms with E-state index in [4.69, 9.17) is 4.52 Å². The van der Waals surface area contributed by atoms with Crippen molar-refractivity contribution >= 4 is 22.2 Å². The van der Waals surface area contributed by atoms with Crippen LogP contribution in [0.4, 0.5) is 14.5 Å². The molecule has 36 heavy (non-hydrogen) atoms. The number of rotatable bonds is 4. The minimum atomic E-state index is -0.606. The van der Waals surface area contributed by atoms with Crippen LogP contribution in [0.3, 0.4) is 0 Å². The van der Waals surface area contributed by atoms with E-state index in [1.165, 1.54) is 23.9 Å². The Morgan fingerprint density at radius 3 is 2.44 bits per heavy atom. The summed E-state index contributed by atoms with van der Waals surface area (Å²) >= 11 is 0. The molecule has 2 fully saturated rings. The third-order valence-corrected chi connectivity index (χ3v) is 8.03. The molecule has 3 aliphatic rings. The molecule has 1 spiro atoms. The van der Waals surface area contributed by atoms with Gasteiger partial charge in [-0.2, -0.15) is 10.2 Å². The molecule has 7 rings (SSSR count). The summed E-state index contributed by atoms with van der Waals surface area (Å²) in [6.45, 7) is 3.85. The van der Waals surface area contributed by atoms with Crippen molar-refractivity contribution < 1.29 is 13.3 Å². The molecule has 5 nitrogen and oxygen atoms in total. The van der Waals surface area contributed by atoms with Crippen molar-refractivity contribution in [3.63, 3.8) is 0 Å². The molecule has 0 N–H and O–H groups in total. The third-order valence-electron chi connectivity index (χ3n) is 8.03. The predicted octanol–water partition coefficient (Wildman–Crippen LogP) is 6.82. The first-order valence-corrected chi connectivity index (χ1v) is 12.6. The summed E-state index contributed by atoms with van der Waals surface area (Å²) in [6, 6.07) is 12.4. The van der Waals surface area contributed by atoms with Gasteiger partial charge in [-0.05, 0) is 80.3 Å². The second kappa shape index (κ2) is 7.95. The van der Waals surface area contributed by atoms with E-state index in [1.54, 1.807) is 0 Å². The zero-order valence-corrected chi connectivity index (χ0v) is 20.1. The van der Waals surface area contributed by atoms with Gasteiger partial charge >= 0.3 is 0 Å². The number of hydrogen-bond donors (Lipinski definition) is 0. The Morgan fingerprint density at radius 2 is 1.72 bits per heavy atom. The standard InChI is InChI=1S/C29H26F2N4O/c1-17-13-19-7-8-21(14-24(19)33-32-17)35-11-9-29(10-12-35)15-20(16-29)25-27(34-36-28(25)18-5-6-18)26-22(30)3-2-4-23(26)31/h2-4,7-8,13-15,18H,5-6,9-12,16H2,1H3. The van der Waals surface area contributed by atoms with E-state index < -0.39 is 11.6 Å². The van der Waals surface area contributed by atoms with Crippen LogP contribution >= 0.6 is 0 Å². The monoisotopic (exact) mass is 484 g/mol. The lowest BCUT2D eigenvalue weighted by molar-refractivity contribution is 0.277. The number of halogens is 2. The number of benzene rings is 2. The summed E-state index contributed by atoms with van der Waals surface area (Å²) in [5.41, 5.74) is 5.26. The molecule has 2 aromatic carbocycles. The summed E-state index contributed by atoms with van der Waals surface area (Å²) in [5.74, 6) is -0.121. The lowest BCUT2D eigenvalue weighted by atomic mass is 9.63. The number of nitrogens with zero attached hydrogens (tertiary/aromatic N) is 4. The average molecular weight is 485 g/mol. The van der Waals surface area contributed by atoms with Crippen LogP contribution in [0.2, 0.25) is 0 Å². The highest BCUT2D eigenvalue weighted by molar-refractivity contribution is 5.85. The first kappa shape index (κ1) is 21.7. The molecular formula is C29H26F2N4O. The maximum Gasteiger partial charge on any atom is 0.147 e. The number of allylic oxidation sites excluding steroid dienone is 2. The third kappa shape index (κ3) is 3.52. The lowest BCUT2D eigenvalue weighted by Gasteiger charge is -2.47. The smallest absolute Gasteiger partial charge is 0.147 e. The van der Waals surface area contributed by atoms with Crippen LogP contribution in [0, 0.1) is 24.0 Å². The van der Waals surface area contributed by atoms with Crippen molar-refractivity contribution in [3.05, 3.63) is 77.2 Å². The van der Waals surface area contributed by atoms with Gasteiger partial charge in [0.2, 0.25) is 0 Å². The second-order valence-corrected chi connectivity index (χ2v) is 10.6. The van der Waals surface area contributed by atoms with Crippen LogP contribution in [0.15, 0.2) is 53.1 Å². The highest BCUT2D eigenvalue weighted by atomic mass is 19.1. The highest BCUT2D eigenvalue weighted by Gasteiger charge is 2.44. The molecule has 0 radical (unpaired) electrons. The maximum atomic E-state index is 14.6. The number of aryl methyl sites for hydroxylation is 1. The lowest BCUT2D eigenvalue weighted by Crippen LogP contribution is -2.42. The quantitative estimate of drug-likeness (QED) is 0.318. The zero-order valence-electron chi connectivity index (χ0n) is 20.1. The summed E-state index contributed by atoms with van der Waals surface area (Å²) < 4.78 is 35.0. The summed E-state index contributed by atoms with van der Waals surface area (Å²) in [7, 11) is 0. The van der Waals surface area contributed by atoms with Gasteiger partial charge in [-0.25, -0.2) is 8.78 Å². The van der Waals surface area contributed by atoms with Gasteiger partial charge in [-0.3, -0.25) is 0 Å². The number of aromatic nitrogens is 3. The van der Waals surface area contributed by atoms with E-state index in [1.807, 2.05) is 6.92 Å². The number of fused-ring (bicyclic) bond motifs is 1. The van der Waals surface area contributed by atoms with E-state index in [9.17, 15) is 8.78 Å². The Balaban J connectivity index is 1.15. The fraction of sp³-hybridized carbons (Fsp3) is 0.345. The number of hydrogen-bond acceptors (Lipinski definition) is 5. The van der Waals surface area contributed by atoms with E-state index in [0.717, 1.165) is 78.7 Å². The normalized spacial score (nSPS) is 19.0. The molecule has 0 amide bonds. The molecule has 0 atom stereocenters. The fourth-order valence-electron chi connectivity index (χ4n) is 5.87. The minimum absolute atomic E-state index is 0.0885. The molecule has 1 saturated heterocycles. The Bertz CT molecular complexity index is 1510. The van der Waals surface area contributed by atoms with Crippen molar-refractivity contribution in [2.45, 2.75) is 44.9 Å². The minimum Gasteiger partial charge on any atom is -0.371 e. The van der Waals surface area contributed by atoms with Gasteiger partial charge in [0.1, 0.15) is 23.1 Å². The Kier molecular flexibility index (Phi) is 4.78. The fourth-order valence-corrected chi connectivity index (χ4v) is 5.87. The Hall–Kier alpha value is -3.61. The van der Waals surface area contributed by atoms with Crippen molar-refractivity contribution in [2.75, 3.05) is 18.0 Å². The Labute approximate surface area is 207 Å². The van der Waals surface area contributed by atoms with Crippen LogP contribution in [-0.2, 0) is 0 Å². The second-order valence-electron chi connectivity index (χ2n) is 10.6. The van der Waals surface area contributed by atoms with Gasteiger partial charge < -0.3 is 9.42 Å². The molecule has 2 aliphatic carbocycles. The molecule has 7 heteroatoms. The van der Waals surface area contributed by atoms with Gasteiger partial charge in [0.05, 0.1) is 16.8 Å².